The summed E-state index contributed by atoms with van der Waals surface area (Å²) >= 11 is 6.06. The zero-order valence-corrected chi connectivity index (χ0v) is 10.6. The Hall–Kier alpha value is -1.94. The van der Waals surface area contributed by atoms with Crippen molar-refractivity contribution in [1.29, 1.82) is 0 Å². The lowest BCUT2D eigenvalue weighted by Crippen LogP contribution is -1.98. The Bertz CT molecular complexity index is 691. The van der Waals surface area contributed by atoms with E-state index in [1.807, 2.05) is 34.9 Å². The SMILES string of the molecule is CCn1c(-c2ccccc2)nc2c(Cl)ncnc21. The monoisotopic (exact) mass is 258 g/mol. The first-order valence-corrected chi connectivity index (χ1v) is 6.11. The number of nitrogens with zero attached hydrogens (tertiary/aromatic N) is 4. The number of hydrogen-bond donors (Lipinski definition) is 0. The fraction of sp³-hybridized carbons (Fsp3) is 0.154. The minimum absolute atomic E-state index is 0.393. The zero-order chi connectivity index (χ0) is 12.5. The van der Waals surface area contributed by atoms with Crippen LogP contribution in [0.2, 0.25) is 5.15 Å². The molecule has 0 aliphatic heterocycles. The average Bonchev–Trinajstić information content (AvgIpc) is 2.80. The first kappa shape index (κ1) is 11.2. The Morgan fingerprint density at radius 3 is 2.67 bits per heavy atom. The summed E-state index contributed by atoms with van der Waals surface area (Å²) in [5.74, 6) is 0.871. The van der Waals surface area contributed by atoms with Crippen molar-refractivity contribution >= 4 is 22.8 Å². The second-order valence-electron chi connectivity index (χ2n) is 3.88. The lowest BCUT2D eigenvalue weighted by atomic mass is 10.2. The molecule has 0 aliphatic carbocycles. The van der Waals surface area contributed by atoms with Gasteiger partial charge in [0.05, 0.1) is 0 Å². The third-order valence-electron chi connectivity index (χ3n) is 2.84. The van der Waals surface area contributed by atoms with E-state index in [-0.39, 0.29) is 0 Å². The molecule has 18 heavy (non-hydrogen) atoms. The van der Waals surface area contributed by atoms with Gasteiger partial charge >= 0.3 is 0 Å². The molecule has 1 aromatic carbocycles. The molecule has 2 heterocycles. The molecular weight excluding hydrogens is 248 g/mol. The van der Waals surface area contributed by atoms with E-state index in [4.69, 9.17) is 11.6 Å². The lowest BCUT2D eigenvalue weighted by molar-refractivity contribution is 0.786. The molecule has 0 aliphatic rings. The molecular formula is C13H11ClN4. The van der Waals surface area contributed by atoms with Crippen molar-refractivity contribution in [2.24, 2.45) is 0 Å². The van der Waals surface area contributed by atoms with Crippen LogP contribution in [0.4, 0.5) is 0 Å². The van der Waals surface area contributed by atoms with Gasteiger partial charge in [-0.15, -0.1) is 0 Å². The van der Waals surface area contributed by atoms with Crippen molar-refractivity contribution in [2.75, 3.05) is 0 Å². The van der Waals surface area contributed by atoms with Gasteiger partial charge in [0.25, 0.3) is 0 Å². The minimum atomic E-state index is 0.393. The quantitative estimate of drug-likeness (QED) is 0.663. The summed E-state index contributed by atoms with van der Waals surface area (Å²) in [5.41, 5.74) is 2.48. The van der Waals surface area contributed by atoms with Crippen molar-refractivity contribution in [3.05, 3.63) is 41.8 Å². The van der Waals surface area contributed by atoms with Crippen molar-refractivity contribution < 1.29 is 0 Å². The molecule has 0 saturated carbocycles. The van der Waals surface area contributed by atoms with Gasteiger partial charge in [0.1, 0.15) is 17.7 Å². The van der Waals surface area contributed by atoms with E-state index in [0.29, 0.717) is 10.7 Å². The molecule has 5 heteroatoms. The second kappa shape index (κ2) is 4.38. The van der Waals surface area contributed by atoms with Crippen LogP contribution in [0, 0.1) is 0 Å². The number of imidazole rings is 1. The van der Waals surface area contributed by atoms with Crippen LogP contribution in [0.3, 0.4) is 0 Å². The van der Waals surface area contributed by atoms with Crippen LogP contribution in [-0.2, 0) is 6.54 Å². The van der Waals surface area contributed by atoms with Crippen molar-refractivity contribution in [1.82, 2.24) is 19.5 Å². The average molecular weight is 259 g/mol. The van der Waals surface area contributed by atoms with Gasteiger partial charge in [-0.3, -0.25) is 0 Å². The molecule has 0 fully saturated rings. The van der Waals surface area contributed by atoms with Gasteiger partial charge in [-0.1, -0.05) is 41.9 Å². The molecule has 0 spiro atoms. The maximum atomic E-state index is 6.06. The van der Waals surface area contributed by atoms with Crippen LogP contribution >= 0.6 is 11.6 Å². The van der Waals surface area contributed by atoms with Crippen LogP contribution in [0.5, 0.6) is 0 Å². The van der Waals surface area contributed by atoms with Gasteiger partial charge < -0.3 is 4.57 Å². The van der Waals surface area contributed by atoms with E-state index in [9.17, 15) is 0 Å². The summed E-state index contributed by atoms with van der Waals surface area (Å²) in [7, 11) is 0. The van der Waals surface area contributed by atoms with E-state index in [2.05, 4.69) is 21.9 Å². The normalized spacial score (nSPS) is 11.0. The highest BCUT2D eigenvalue weighted by Gasteiger charge is 2.14. The summed E-state index contributed by atoms with van der Waals surface area (Å²) in [6.45, 7) is 2.84. The zero-order valence-electron chi connectivity index (χ0n) is 9.84. The third kappa shape index (κ3) is 1.66. The van der Waals surface area contributed by atoms with Gasteiger partial charge in [-0.05, 0) is 6.92 Å². The number of fused-ring (bicyclic) bond motifs is 1. The summed E-state index contributed by atoms with van der Waals surface area (Å²) in [5, 5.41) is 0.393. The third-order valence-corrected chi connectivity index (χ3v) is 3.11. The molecule has 0 radical (unpaired) electrons. The molecule has 3 aromatic rings. The predicted molar refractivity (Wildman–Crippen MR) is 71.4 cm³/mol. The molecule has 0 unspecified atom stereocenters. The standard InChI is InChI=1S/C13H11ClN4/c1-2-18-12(9-6-4-3-5-7-9)17-10-11(14)15-8-16-13(10)18/h3-8H,2H2,1H3. The maximum absolute atomic E-state index is 6.06. The topological polar surface area (TPSA) is 43.6 Å². The van der Waals surface area contributed by atoms with Crippen molar-refractivity contribution in [2.45, 2.75) is 13.5 Å². The number of hydrogen-bond acceptors (Lipinski definition) is 3. The second-order valence-corrected chi connectivity index (χ2v) is 4.24. The fourth-order valence-electron chi connectivity index (χ4n) is 2.02. The molecule has 0 atom stereocenters. The highest BCUT2D eigenvalue weighted by Crippen LogP contribution is 2.26. The van der Waals surface area contributed by atoms with Crippen LogP contribution in [0.25, 0.3) is 22.6 Å². The van der Waals surface area contributed by atoms with Gasteiger partial charge in [0.2, 0.25) is 0 Å². The van der Waals surface area contributed by atoms with E-state index in [1.165, 1.54) is 6.33 Å². The molecule has 90 valence electrons. The summed E-state index contributed by atoms with van der Waals surface area (Å²) in [6, 6.07) is 10.0. The number of aromatic nitrogens is 4. The Balaban J connectivity index is 2.33. The number of halogens is 1. The molecule has 2 aromatic heterocycles. The lowest BCUT2D eigenvalue weighted by Gasteiger charge is -2.04. The van der Waals surface area contributed by atoms with Crippen molar-refractivity contribution in [3.8, 4) is 11.4 Å². The number of aryl methyl sites for hydroxylation is 1. The summed E-state index contributed by atoms with van der Waals surface area (Å²) < 4.78 is 2.04. The number of benzene rings is 1. The molecule has 4 nitrogen and oxygen atoms in total. The van der Waals surface area contributed by atoms with E-state index in [1.54, 1.807) is 0 Å². The molecule has 0 bridgehead atoms. The minimum Gasteiger partial charge on any atom is -0.309 e. The molecule has 0 saturated heterocycles. The van der Waals surface area contributed by atoms with Gasteiger partial charge in [0, 0.05) is 12.1 Å². The Morgan fingerprint density at radius 1 is 1.17 bits per heavy atom. The Kier molecular flexibility index (Phi) is 2.72. The summed E-state index contributed by atoms with van der Waals surface area (Å²) in [4.78, 5) is 12.8. The van der Waals surface area contributed by atoms with E-state index < -0.39 is 0 Å². The summed E-state index contributed by atoms with van der Waals surface area (Å²) in [6.07, 6.45) is 1.47. The van der Waals surface area contributed by atoms with Gasteiger partial charge in [-0.25, -0.2) is 15.0 Å². The molecule has 0 amide bonds. The van der Waals surface area contributed by atoms with Crippen LogP contribution in [0.1, 0.15) is 6.92 Å². The van der Waals surface area contributed by atoms with Crippen LogP contribution < -0.4 is 0 Å². The van der Waals surface area contributed by atoms with Gasteiger partial charge in [0.15, 0.2) is 10.8 Å². The van der Waals surface area contributed by atoms with E-state index >= 15 is 0 Å². The van der Waals surface area contributed by atoms with Crippen LogP contribution in [0.15, 0.2) is 36.7 Å². The van der Waals surface area contributed by atoms with Gasteiger partial charge in [-0.2, -0.15) is 0 Å². The van der Waals surface area contributed by atoms with Crippen molar-refractivity contribution in [3.63, 3.8) is 0 Å². The first-order chi connectivity index (χ1) is 8.81. The Labute approximate surface area is 109 Å². The smallest absolute Gasteiger partial charge is 0.165 e. The molecule has 0 N–H and O–H groups in total. The van der Waals surface area contributed by atoms with Crippen LogP contribution in [-0.4, -0.2) is 19.5 Å². The first-order valence-electron chi connectivity index (χ1n) is 5.73. The maximum Gasteiger partial charge on any atom is 0.165 e. The highest BCUT2D eigenvalue weighted by molar-refractivity contribution is 6.33. The largest absolute Gasteiger partial charge is 0.309 e. The molecule has 3 rings (SSSR count). The van der Waals surface area contributed by atoms with E-state index in [0.717, 1.165) is 23.6 Å². The Morgan fingerprint density at radius 2 is 1.94 bits per heavy atom. The number of rotatable bonds is 2. The highest BCUT2D eigenvalue weighted by atomic mass is 35.5. The predicted octanol–water partition coefficient (Wildman–Crippen LogP) is 3.17. The fourth-order valence-corrected chi connectivity index (χ4v) is 2.19.